The van der Waals surface area contributed by atoms with Gasteiger partial charge in [0.15, 0.2) is 0 Å². The van der Waals surface area contributed by atoms with Crippen LogP contribution in [0.3, 0.4) is 0 Å². The molecule has 1 N–H and O–H groups in total. The van der Waals surface area contributed by atoms with Gasteiger partial charge in [-0.15, -0.1) is 11.3 Å². The zero-order chi connectivity index (χ0) is 18.9. The molecule has 2 heterocycles. The van der Waals surface area contributed by atoms with Crippen molar-refractivity contribution in [2.45, 2.75) is 6.42 Å². The molecule has 1 saturated heterocycles. The lowest BCUT2D eigenvalue weighted by molar-refractivity contribution is -0.122. The molecule has 26 heavy (non-hydrogen) atoms. The summed E-state index contributed by atoms with van der Waals surface area (Å²) in [6.45, 7) is 3.97. The molecule has 0 aliphatic carbocycles. The zero-order valence-electron chi connectivity index (χ0n) is 15.2. The van der Waals surface area contributed by atoms with E-state index in [0.717, 1.165) is 17.8 Å². The first kappa shape index (κ1) is 20.3. The Balaban J connectivity index is 1.75. The van der Waals surface area contributed by atoms with Crippen molar-refractivity contribution in [1.82, 2.24) is 15.1 Å². The summed E-state index contributed by atoms with van der Waals surface area (Å²) in [5.74, 6) is -0.536. The Morgan fingerprint density at radius 2 is 1.81 bits per heavy atom. The van der Waals surface area contributed by atoms with Crippen molar-refractivity contribution in [3.05, 3.63) is 21.9 Å². The molecule has 2 rings (SSSR count). The van der Waals surface area contributed by atoms with Gasteiger partial charge in [-0.05, 0) is 18.6 Å². The summed E-state index contributed by atoms with van der Waals surface area (Å²) in [6, 6.07) is 3.26. The van der Waals surface area contributed by atoms with E-state index in [2.05, 4.69) is 10.1 Å². The first-order valence-electron chi connectivity index (χ1n) is 8.50. The summed E-state index contributed by atoms with van der Waals surface area (Å²) < 4.78 is 9.60. The van der Waals surface area contributed by atoms with Crippen molar-refractivity contribution in [2.75, 3.05) is 60.1 Å². The van der Waals surface area contributed by atoms with Crippen LogP contribution in [0.2, 0.25) is 0 Å². The Bertz CT molecular complexity index is 626. The summed E-state index contributed by atoms with van der Waals surface area (Å²) in [7, 11) is 2.95. The van der Waals surface area contributed by atoms with E-state index in [1.54, 1.807) is 24.1 Å². The molecular weight excluding hydrogens is 358 g/mol. The maximum absolute atomic E-state index is 12.5. The van der Waals surface area contributed by atoms with E-state index in [4.69, 9.17) is 4.74 Å². The molecule has 1 fully saturated rings. The lowest BCUT2D eigenvalue weighted by Crippen LogP contribution is -2.51. The lowest BCUT2D eigenvalue weighted by atomic mass is 10.3. The van der Waals surface area contributed by atoms with Crippen molar-refractivity contribution in [3.63, 3.8) is 0 Å². The molecule has 0 spiro atoms. The van der Waals surface area contributed by atoms with E-state index in [1.165, 1.54) is 7.11 Å². The van der Waals surface area contributed by atoms with E-state index in [1.807, 2.05) is 4.90 Å². The average Bonchev–Trinajstić information content (AvgIpc) is 3.15. The molecule has 1 aliphatic heterocycles. The van der Waals surface area contributed by atoms with Crippen molar-refractivity contribution >= 4 is 29.1 Å². The van der Waals surface area contributed by atoms with Crippen LogP contribution < -0.4 is 5.32 Å². The van der Waals surface area contributed by atoms with Crippen LogP contribution in [-0.2, 0) is 14.3 Å². The number of methoxy groups -OCH3 is 2. The van der Waals surface area contributed by atoms with Crippen LogP contribution >= 0.6 is 11.3 Å². The van der Waals surface area contributed by atoms with Crippen molar-refractivity contribution < 1.29 is 23.9 Å². The molecule has 0 atom stereocenters. The van der Waals surface area contributed by atoms with Gasteiger partial charge in [0, 0.05) is 46.4 Å². The van der Waals surface area contributed by atoms with E-state index < -0.39 is 5.97 Å². The molecule has 0 saturated carbocycles. The topological polar surface area (TPSA) is 88.2 Å². The normalized spacial score (nSPS) is 14.9. The molecule has 144 valence electrons. The highest BCUT2D eigenvalue weighted by molar-refractivity contribution is 7.15. The van der Waals surface area contributed by atoms with Gasteiger partial charge in [0.25, 0.3) is 5.91 Å². The number of ether oxygens (including phenoxy) is 2. The van der Waals surface area contributed by atoms with Gasteiger partial charge in [0.2, 0.25) is 5.91 Å². The maximum Gasteiger partial charge on any atom is 0.348 e. The fraction of sp³-hybridized carbons (Fsp3) is 0.588. The van der Waals surface area contributed by atoms with Gasteiger partial charge < -0.3 is 19.7 Å². The highest BCUT2D eigenvalue weighted by atomic mass is 32.1. The number of nitrogens with zero attached hydrogens (tertiary/aromatic N) is 2. The van der Waals surface area contributed by atoms with Crippen molar-refractivity contribution in [3.8, 4) is 0 Å². The molecule has 1 aromatic heterocycles. The minimum absolute atomic E-state index is 0.0122. The number of hydrogen-bond donors (Lipinski definition) is 1. The standard InChI is InChI=1S/C17H25N3O5S/c1-24-11-3-6-18-15(21)12-19-7-9-20(10-8-19)16(22)13-4-5-14(26-13)17(23)25-2/h4-5H,3,6-12H2,1-2H3,(H,18,21). The monoisotopic (exact) mass is 383 g/mol. The van der Waals surface area contributed by atoms with Crippen LogP contribution in [0.1, 0.15) is 25.8 Å². The van der Waals surface area contributed by atoms with Crippen LogP contribution in [0.15, 0.2) is 12.1 Å². The first-order valence-corrected chi connectivity index (χ1v) is 9.32. The predicted molar refractivity (Wildman–Crippen MR) is 97.5 cm³/mol. The second kappa shape index (κ2) is 10.2. The number of nitrogens with one attached hydrogen (secondary N) is 1. The Hall–Kier alpha value is -1.97. The molecule has 0 unspecified atom stereocenters. The fourth-order valence-corrected chi connectivity index (χ4v) is 3.52. The summed E-state index contributed by atoms with van der Waals surface area (Å²) in [4.78, 5) is 40.6. The molecule has 9 heteroatoms. The van der Waals surface area contributed by atoms with Gasteiger partial charge in [-0.2, -0.15) is 0 Å². The van der Waals surface area contributed by atoms with E-state index in [0.29, 0.717) is 55.6 Å². The van der Waals surface area contributed by atoms with Crippen LogP contribution in [0.25, 0.3) is 0 Å². The third-order valence-corrected chi connectivity index (χ3v) is 5.13. The number of rotatable bonds is 8. The largest absolute Gasteiger partial charge is 0.465 e. The van der Waals surface area contributed by atoms with Gasteiger partial charge in [0.1, 0.15) is 4.88 Å². The molecule has 2 amide bonds. The SMILES string of the molecule is COCCCNC(=O)CN1CCN(C(=O)c2ccc(C(=O)OC)s2)CC1. The first-order chi connectivity index (χ1) is 12.5. The Labute approximate surface area is 157 Å². The molecule has 0 aromatic carbocycles. The van der Waals surface area contributed by atoms with E-state index >= 15 is 0 Å². The van der Waals surface area contributed by atoms with Gasteiger partial charge in [0.05, 0.1) is 18.5 Å². The van der Waals surface area contributed by atoms with Crippen LogP contribution in [0, 0.1) is 0 Å². The summed E-state index contributed by atoms with van der Waals surface area (Å²) in [6.07, 6.45) is 0.791. The Morgan fingerprint density at radius 1 is 1.12 bits per heavy atom. The molecule has 1 aromatic rings. The van der Waals surface area contributed by atoms with Gasteiger partial charge in [-0.25, -0.2) is 4.79 Å². The predicted octanol–water partition coefficient (Wildman–Crippen LogP) is 0.445. The van der Waals surface area contributed by atoms with Crippen LogP contribution in [0.5, 0.6) is 0 Å². The van der Waals surface area contributed by atoms with Gasteiger partial charge in [-0.3, -0.25) is 14.5 Å². The number of carbonyl (C=O) groups is 3. The third kappa shape index (κ3) is 5.79. The van der Waals surface area contributed by atoms with Crippen molar-refractivity contribution in [1.29, 1.82) is 0 Å². The highest BCUT2D eigenvalue weighted by Gasteiger charge is 2.24. The molecule has 0 radical (unpaired) electrons. The fourth-order valence-electron chi connectivity index (χ4n) is 2.63. The second-order valence-corrected chi connectivity index (χ2v) is 7.00. The van der Waals surface area contributed by atoms with E-state index in [-0.39, 0.29) is 11.8 Å². The molecule has 0 bridgehead atoms. The molecular formula is C17H25N3O5S. The Morgan fingerprint density at radius 3 is 2.46 bits per heavy atom. The molecule has 8 nitrogen and oxygen atoms in total. The number of piperazine rings is 1. The van der Waals surface area contributed by atoms with E-state index in [9.17, 15) is 14.4 Å². The third-order valence-electron chi connectivity index (χ3n) is 4.08. The van der Waals surface area contributed by atoms with Crippen LogP contribution in [0.4, 0.5) is 0 Å². The quantitative estimate of drug-likeness (QED) is 0.518. The van der Waals surface area contributed by atoms with Gasteiger partial charge in [-0.1, -0.05) is 0 Å². The highest BCUT2D eigenvalue weighted by Crippen LogP contribution is 2.20. The van der Waals surface area contributed by atoms with Crippen LogP contribution in [-0.4, -0.2) is 87.7 Å². The summed E-state index contributed by atoms with van der Waals surface area (Å²) in [5.41, 5.74) is 0. The number of carbonyl (C=O) groups excluding carboxylic acids is 3. The van der Waals surface area contributed by atoms with Gasteiger partial charge >= 0.3 is 5.97 Å². The minimum Gasteiger partial charge on any atom is -0.465 e. The number of amides is 2. The number of thiophene rings is 1. The summed E-state index contributed by atoms with van der Waals surface area (Å²) >= 11 is 1.14. The number of hydrogen-bond acceptors (Lipinski definition) is 7. The van der Waals surface area contributed by atoms with Crippen molar-refractivity contribution in [2.24, 2.45) is 0 Å². The lowest BCUT2D eigenvalue weighted by Gasteiger charge is -2.34. The second-order valence-electron chi connectivity index (χ2n) is 5.92. The minimum atomic E-state index is -0.435. The number of esters is 1. The average molecular weight is 383 g/mol. The zero-order valence-corrected chi connectivity index (χ0v) is 16.0. The maximum atomic E-state index is 12.5. The smallest absolute Gasteiger partial charge is 0.348 e. The molecule has 1 aliphatic rings. The Kier molecular flexibility index (Phi) is 8.02. The summed E-state index contributed by atoms with van der Waals surface area (Å²) in [5, 5.41) is 2.86.